The van der Waals surface area contributed by atoms with E-state index in [2.05, 4.69) is 5.32 Å². The Morgan fingerprint density at radius 1 is 1.40 bits per heavy atom. The van der Waals surface area contributed by atoms with Gasteiger partial charge in [-0.1, -0.05) is 18.2 Å². The molecule has 3 nitrogen and oxygen atoms in total. The lowest BCUT2D eigenvalue weighted by atomic mass is 10.0. The normalized spacial score (nSPS) is 20.1. The van der Waals surface area contributed by atoms with Crippen LogP contribution in [0.2, 0.25) is 0 Å². The molecule has 0 saturated carbocycles. The van der Waals surface area contributed by atoms with Crippen LogP contribution in [0.1, 0.15) is 6.42 Å². The summed E-state index contributed by atoms with van der Waals surface area (Å²) in [5.41, 5.74) is 0.991. The number of Topliss-reactive ketones (excluding diaryl/α,β-unsaturated/α-hetero) is 1. The van der Waals surface area contributed by atoms with Gasteiger partial charge in [0.25, 0.3) is 0 Å². The maximum absolute atomic E-state index is 11.7. The highest BCUT2D eigenvalue weighted by Crippen LogP contribution is 2.14. The van der Waals surface area contributed by atoms with E-state index in [0.717, 1.165) is 18.7 Å². The lowest BCUT2D eigenvalue weighted by Gasteiger charge is -2.08. The number of carbonyl (C=O) groups is 1. The van der Waals surface area contributed by atoms with E-state index < -0.39 is 0 Å². The molecule has 0 aliphatic carbocycles. The van der Waals surface area contributed by atoms with E-state index >= 15 is 0 Å². The van der Waals surface area contributed by atoms with Crippen LogP contribution in [0.15, 0.2) is 30.3 Å². The molecule has 2 rings (SSSR count). The Bertz CT molecular complexity index is 318. The van der Waals surface area contributed by atoms with Gasteiger partial charge in [-0.2, -0.15) is 0 Å². The Balaban J connectivity index is 1.80. The molecule has 1 aromatic carbocycles. The van der Waals surface area contributed by atoms with Crippen LogP contribution >= 0.6 is 0 Å². The summed E-state index contributed by atoms with van der Waals surface area (Å²) in [7, 11) is 0. The molecule has 3 heteroatoms. The highest BCUT2D eigenvalue weighted by molar-refractivity contribution is 5.85. The molecule has 1 atom stereocenters. The van der Waals surface area contributed by atoms with Gasteiger partial charge in [0.05, 0.1) is 13.2 Å². The third-order valence-electron chi connectivity index (χ3n) is 2.63. The van der Waals surface area contributed by atoms with E-state index in [9.17, 15) is 4.79 Å². The number of para-hydroxylation sites is 1. The summed E-state index contributed by atoms with van der Waals surface area (Å²) in [6.07, 6.45) is 0.870. The molecule has 80 valence electrons. The first-order chi connectivity index (χ1) is 7.36. The van der Waals surface area contributed by atoms with E-state index in [0.29, 0.717) is 13.2 Å². The van der Waals surface area contributed by atoms with Crippen molar-refractivity contribution >= 4 is 11.5 Å². The highest BCUT2D eigenvalue weighted by atomic mass is 16.5. The second-order valence-electron chi connectivity index (χ2n) is 3.75. The third kappa shape index (κ3) is 2.80. The Kier molecular flexibility index (Phi) is 3.35. The zero-order valence-electron chi connectivity index (χ0n) is 8.61. The second-order valence-corrected chi connectivity index (χ2v) is 3.75. The second kappa shape index (κ2) is 4.94. The summed E-state index contributed by atoms with van der Waals surface area (Å²) in [5, 5.41) is 3.12. The van der Waals surface area contributed by atoms with Gasteiger partial charge in [0.1, 0.15) is 0 Å². The maximum Gasteiger partial charge on any atom is 0.157 e. The first-order valence-electron chi connectivity index (χ1n) is 5.25. The molecule has 1 saturated heterocycles. The van der Waals surface area contributed by atoms with Crippen molar-refractivity contribution in [1.29, 1.82) is 0 Å². The van der Waals surface area contributed by atoms with Crippen LogP contribution < -0.4 is 5.32 Å². The van der Waals surface area contributed by atoms with Gasteiger partial charge in [-0.05, 0) is 18.6 Å². The lowest BCUT2D eigenvalue weighted by Crippen LogP contribution is -2.22. The number of hydrogen-bond donors (Lipinski definition) is 1. The number of rotatable bonds is 4. The maximum atomic E-state index is 11.7. The molecule has 1 aliphatic heterocycles. The van der Waals surface area contributed by atoms with Gasteiger partial charge in [-0.3, -0.25) is 4.79 Å². The molecular formula is C12H15NO2. The Labute approximate surface area is 89.4 Å². The van der Waals surface area contributed by atoms with E-state index in [4.69, 9.17) is 4.74 Å². The number of benzene rings is 1. The molecule has 0 aromatic heterocycles. The quantitative estimate of drug-likeness (QED) is 0.813. The molecule has 0 spiro atoms. The van der Waals surface area contributed by atoms with Crippen LogP contribution in [0.25, 0.3) is 0 Å². The first kappa shape index (κ1) is 10.2. The van der Waals surface area contributed by atoms with Gasteiger partial charge < -0.3 is 10.1 Å². The Morgan fingerprint density at radius 3 is 2.87 bits per heavy atom. The summed E-state index contributed by atoms with van der Waals surface area (Å²) >= 11 is 0. The summed E-state index contributed by atoms with van der Waals surface area (Å²) in [4.78, 5) is 11.7. The van der Waals surface area contributed by atoms with Crippen LogP contribution in [-0.4, -0.2) is 25.5 Å². The van der Waals surface area contributed by atoms with Crippen LogP contribution in [0.5, 0.6) is 0 Å². The Morgan fingerprint density at radius 2 is 2.20 bits per heavy atom. The van der Waals surface area contributed by atoms with Crippen molar-refractivity contribution in [3.05, 3.63) is 30.3 Å². The molecule has 0 radical (unpaired) electrons. The fourth-order valence-electron chi connectivity index (χ4n) is 1.68. The van der Waals surface area contributed by atoms with E-state index in [1.807, 2.05) is 30.3 Å². The first-order valence-corrected chi connectivity index (χ1v) is 5.25. The predicted molar refractivity (Wildman–Crippen MR) is 58.9 cm³/mol. The van der Waals surface area contributed by atoms with Crippen LogP contribution in [0, 0.1) is 5.92 Å². The van der Waals surface area contributed by atoms with Crippen molar-refractivity contribution in [2.75, 3.05) is 25.1 Å². The van der Waals surface area contributed by atoms with E-state index in [-0.39, 0.29) is 11.7 Å². The third-order valence-corrected chi connectivity index (χ3v) is 2.63. The Hall–Kier alpha value is -1.35. The average Bonchev–Trinajstić information content (AvgIpc) is 2.81. The fourth-order valence-corrected chi connectivity index (χ4v) is 1.68. The number of nitrogens with one attached hydrogen (secondary N) is 1. The summed E-state index contributed by atoms with van der Waals surface area (Å²) in [6, 6.07) is 9.77. The minimum absolute atomic E-state index is 0.0983. The van der Waals surface area contributed by atoms with Gasteiger partial charge in [0.2, 0.25) is 0 Å². The smallest absolute Gasteiger partial charge is 0.157 e. The van der Waals surface area contributed by atoms with Gasteiger partial charge in [-0.25, -0.2) is 0 Å². The van der Waals surface area contributed by atoms with Crippen molar-refractivity contribution in [3.8, 4) is 0 Å². The minimum Gasteiger partial charge on any atom is -0.381 e. The number of carbonyl (C=O) groups excluding carboxylic acids is 1. The van der Waals surface area contributed by atoms with Gasteiger partial charge >= 0.3 is 0 Å². The minimum atomic E-state index is 0.0983. The fraction of sp³-hybridized carbons (Fsp3) is 0.417. The highest BCUT2D eigenvalue weighted by Gasteiger charge is 2.22. The van der Waals surface area contributed by atoms with Crippen molar-refractivity contribution < 1.29 is 9.53 Å². The molecule has 0 amide bonds. The number of ketones is 1. The summed E-state index contributed by atoms with van der Waals surface area (Å²) in [6.45, 7) is 1.72. The van der Waals surface area contributed by atoms with Crippen molar-refractivity contribution in [1.82, 2.24) is 0 Å². The standard InChI is InChI=1S/C12H15NO2/c14-12(10-6-7-15-9-10)8-13-11-4-2-1-3-5-11/h1-5,10,13H,6-9H2. The van der Waals surface area contributed by atoms with Crippen LogP contribution in [0.4, 0.5) is 5.69 Å². The number of anilines is 1. The van der Waals surface area contributed by atoms with Gasteiger partial charge in [-0.15, -0.1) is 0 Å². The zero-order chi connectivity index (χ0) is 10.5. The average molecular weight is 205 g/mol. The lowest BCUT2D eigenvalue weighted by molar-refractivity contribution is -0.121. The number of hydrogen-bond acceptors (Lipinski definition) is 3. The SMILES string of the molecule is O=C(CNc1ccccc1)C1CCOC1. The number of ether oxygens (including phenoxy) is 1. The van der Waals surface area contributed by atoms with Crippen molar-refractivity contribution in [2.24, 2.45) is 5.92 Å². The topological polar surface area (TPSA) is 38.3 Å². The largest absolute Gasteiger partial charge is 0.381 e. The van der Waals surface area contributed by atoms with Gasteiger partial charge in [0.15, 0.2) is 5.78 Å². The molecule has 1 heterocycles. The van der Waals surface area contributed by atoms with E-state index in [1.54, 1.807) is 0 Å². The van der Waals surface area contributed by atoms with E-state index in [1.165, 1.54) is 0 Å². The van der Waals surface area contributed by atoms with Crippen LogP contribution in [-0.2, 0) is 9.53 Å². The monoisotopic (exact) mass is 205 g/mol. The van der Waals surface area contributed by atoms with Gasteiger partial charge in [0, 0.05) is 18.2 Å². The molecule has 0 bridgehead atoms. The molecule has 1 aliphatic rings. The summed E-state index contributed by atoms with van der Waals surface area (Å²) in [5.74, 6) is 0.345. The zero-order valence-corrected chi connectivity index (χ0v) is 8.61. The molecule has 1 aromatic rings. The van der Waals surface area contributed by atoms with Crippen LogP contribution in [0.3, 0.4) is 0 Å². The molecule has 1 unspecified atom stereocenters. The molecule has 15 heavy (non-hydrogen) atoms. The van der Waals surface area contributed by atoms with Crippen molar-refractivity contribution in [3.63, 3.8) is 0 Å². The molecule has 1 fully saturated rings. The molecule has 1 N–H and O–H groups in total. The van der Waals surface area contributed by atoms with Crippen molar-refractivity contribution in [2.45, 2.75) is 6.42 Å². The summed E-state index contributed by atoms with van der Waals surface area (Å²) < 4.78 is 5.18. The molecular weight excluding hydrogens is 190 g/mol. The predicted octanol–water partition coefficient (Wildman–Crippen LogP) is 1.70.